The summed E-state index contributed by atoms with van der Waals surface area (Å²) in [6, 6.07) is 85.5. The van der Waals surface area contributed by atoms with Gasteiger partial charge in [0.1, 0.15) is 11.2 Å². The van der Waals surface area contributed by atoms with Gasteiger partial charge in [0.05, 0.1) is 5.69 Å². The summed E-state index contributed by atoms with van der Waals surface area (Å²) < 4.78 is 6.47. The van der Waals surface area contributed by atoms with Gasteiger partial charge in [-0.3, -0.25) is 0 Å². The fourth-order valence-electron chi connectivity index (χ4n) is 9.48. The zero-order valence-corrected chi connectivity index (χ0v) is 33.9. The molecule has 0 atom stereocenters. The number of hydrogen-bond acceptors (Lipinski definition) is 2. The van der Waals surface area contributed by atoms with Crippen molar-refractivity contribution in [1.29, 1.82) is 0 Å². The van der Waals surface area contributed by atoms with E-state index in [4.69, 9.17) is 4.42 Å². The van der Waals surface area contributed by atoms with Crippen molar-refractivity contribution in [3.8, 4) is 44.5 Å². The highest BCUT2D eigenvalue weighted by Gasteiger charge is 2.20. The number of furan rings is 1. The predicted octanol–water partition coefficient (Wildman–Crippen LogP) is 17.2. The van der Waals surface area contributed by atoms with Gasteiger partial charge in [0, 0.05) is 33.1 Å². The van der Waals surface area contributed by atoms with Crippen molar-refractivity contribution in [2.24, 2.45) is 0 Å². The molecular weight excluding hydrogens is 751 g/mol. The molecule has 12 aromatic rings. The molecule has 0 bridgehead atoms. The lowest BCUT2D eigenvalue weighted by Gasteiger charge is -2.28. The summed E-state index contributed by atoms with van der Waals surface area (Å²) in [7, 11) is 0. The van der Waals surface area contributed by atoms with Crippen LogP contribution in [0.5, 0.6) is 0 Å². The van der Waals surface area contributed by atoms with Crippen molar-refractivity contribution in [1.82, 2.24) is 0 Å². The van der Waals surface area contributed by atoms with E-state index in [-0.39, 0.29) is 0 Å². The summed E-state index contributed by atoms with van der Waals surface area (Å²) in [4.78, 5) is 2.41. The standard InChI is InChI=1S/C60H39NO/c1-2-13-40(14-3-1)41-25-27-43(28-26-41)51-38-33-42-15-4-7-18-50(42)59(51)45-31-36-48(37-32-45)61(57-39-46-16-5-6-17-49(46)53-19-8-9-20-54(53)57)47-34-29-44(30-35-47)52-22-12-23-56-55-21-10-11-24-58(55)62-60(52)56/h1-39H. The molecule has 0 radical (unpaired) electrons. The second kappa shape index (κ2) is 14.8. The van der Waals surface area contributed by atoms with Gasteiger partial charge >= 0.3 is 0 Å². The summed E-state index contributed by atoms with van der Waals surface area (Å²) in [6.07, 6.45) is 0. The Morgan fingerprint density at radius 1 is 0.290 bits per heavy atom. The highest BCUT2D eigenvalue weighted by atomic mass is 16.3. The lowest BCUT2D eigenvalue weighted by Crippen LogP contribution is -2.10. The molecule has 11 aromatic carbocycles. The summed E-state index contributed by atoms with van der Waals surface area (Å²) in [5.41, 5.74) is 14.5. The molecule has 0 amide bonds. The van der Waals surface area contributed by atoms with Gasteiger partial charge in [-0.15, -0.1) is 0 Å². The minimum Gasteiger partial charge on any atom is -0.455 e. The third-order valence-electron chi connectivity index (χ3n) is 12.5. The van der Waals surface area contributed by atoms with Gasteiger partial charge in [0.15, 0.2) is 0 Å². The lowest BCUT2D eigenvalue weighted by molar-refractivity contribution is 0.670. The Bertz CT molecular complexity index is 3600. The summed E-state index contributed by atoms with van der Waals surface area (Å²) in [6.45, 7) is 0. The molecule has 290 valence electrons. The van der Waals surface area contributed by atoms with Crippen LogP contribution >= 0.6 is 0 Å². The number of nitrogens with zero attached hydrogens (tertiary/aromatic N) is 1. The third-order valence-corrected chi connectivity index (χ3v) is 12.5. The Kier molecular flexibility index (Phi) is 8.53. The van der Waals surface area contributed by atoms with E-state index < -0.39 is 0 Å². The molecule has 12 rings (SSSR count). The molecule has 1 aromatic heterocycles. The molecule has 0 aliphatic rings. The monoisotopic (exact) mass is 789 g/mol. The topological polar surface area (TPSA) is 16.4 Å². The van der Waals surface area contributed by atoms with Crippen LogP contribution in [0.25, 0.3) is 98.8 Å². The third kappa shape index (κ3) is 6.04. The summed E-state index contributed by atoms with van der Waals surface area (Å²) in [5, 5.41) is 9.60. The molecule has 1 heterocycles. The molecule has 2 nitrogen and oxygen atoms in total. The van der Waals surface area contributed by atoms with Gasteiger partial charge < -0.3 is 9.32 Å². The maximum atomic E-state index is 6.47. The number of rotatable bonds is 7. The van der Waals surface area contributed by atoms with Crippen LogP contribution in [-0.4, -0.2) is 0 Å². The molecule has 0 saturated carbocycles. The Morgan fingerprint density at radius 2 is 0.823 bits per heavy atom. The zero-order valence-electron chi connectivity index (χ0n) is 33.9. The number of benzene rings is 11. The zero-order chi connectivity index (χ0) is 41.0. The van der Waals surface area contributed by atoms with Crippen molar-refractivity contribution >= 4 is 71.3 Å². The minimum atomic E-state index is 0.904. The quantitative estimate of drug-likeness (QED) is 0.150. The van der Waals surface area contributed by atoms with E-state index in [1.54, 1.807) is 0 Å². The van der Waals surface area contributed by atoms with Gasteiger partial charge in [0.25, 0.3) is 0 Å². The molecule has 0 saturated heterocycles. The summed E-state index contributed by atoms with van der Waals surface area (Å²) in [5.74, 6) is 0. The van der Waals surface area contributed by atoms with Gasteiger partial charge in [-0.05, 0) is 102 Å². The van der Waals surface area contributed by atoms with Crippen molar-refractivity contribution in [3.63, 3.8) is 0 Å². The largest absolute Gasteiger partial charge is 0.455 e. The Balaban J connectivity index is 1.00. The first kappa shape index (κ1) is 35.7. The van der Waals surface area contributed by atoms with Gasteiger partial charge in [-0.1, -0.05) is 200 Å². The van der Waals surface area contributed by atoms with Crippen LogP contribution in [0, 0.1) is 0 Å². The molecule has 0 unspecified atom stereocenters. The van der Waals surface area contributed by atoms with Crippen LogP contribution in [0.1, 0.15) is 0 Å². The molecule has 62 heavy (non-hydrogen) atoms. The van der Waals surface area contributed by atoms with E-state index in [2.05, 4.69) is 229 Å². The van der Waals surface area contributed by atoms with Crippen LogP contribution in [0.2, 0.25) is 0 Å². The first-order valence-electron chi connectivity index (χ1n) is 21.2. The predicted molar refractivity (Wildman–Crippen MR) is 263 cm³/mol. The first-order valence-corrected chi connectivity index (χ1v) is 21.2. The summed E-state index contributed by atoms with van der Waals surface area (Å²) >= 11 is 0. The molecule has 0 spiro atoms. The van der Waals surface area contributed by atoms with E-state index in [1.807, 2.05) is 12.1 Å². The smallest absolute Gasteiger partial charge is 0.143 e. The second-order valence-corrected chi connectivity index (χ2v) is 16.0. The second-order valence-electron chi connectivity index (χ2n) is 16.0. The molecule has 2 heteroatoms. The number of para-hydroxylation sites is 2. The lowest BCUT2D eigenvalue weighted by atomic mass is 9.89. The molecule has 0 aliphatic carbocycles. The van der Waals surface area contributed by atoms with E-state index >= 15 is 0 Å². The number of fused-ring (bicyclic) bond motifs is 7. The Morgan fingerprint density at radius 3 is 1.58 bits per heavy atom. The first-order chi connectivity index (χ1) is 30.7. The molecule has 0 fully saturated rings. The van der Waals surface area contributed by atoms with Gasteiger partial charge in [-0.2, -0.15) is 0 Å². The molecule has 0 N–H and O–H groups in total. The fourth-order valence-corrected chi connectivity index (χ4v) is 9.48. The van der Waals surface area contributed by atoms with Crippen LogP contribution in [0.4, 0.5) is 17.1 Å². The Labute approximate surface area is 360 Å². The van der Waals surface area contributed by atoms with E-state index in [0.29, 0.717) is 0 Å². The van der Waals surface area contributed by atoms with Crippen LogP contribution in [0.3, 0.4) is 0 Å². The molecular formula is C60H39NO. The number of hydrogen-bond donors (Lipinski definition) is 0. The average molecular weight is 790 g/mol. The van der Waals surface area contributed by atoms with E-state index in [1.165, 1.54) is 65.7 Å². The molecule has 0 aliphatic heterocycles. The SMILES string of the molecule is c1ccc(-c2ccc(-c3ccc4ccccc4c3-c3ccc(N(c4ccc(-c5cccc6c5oc5ccccc56)cc4)c4cc5ccccc5c5ccccc45)cc3)cc2)cc1. The van der Waals surface area contributed by atoms with Crippen molar-refractivity contribution in [2.75, 3.05) is 4.90 Å². The highest BCUT2D eigenvalue weighted by molar-refractivity contribution is 6.15. The van der Waals surface area contributed by atoms with Crippen LogP contribution in [0.15, 0.2) is 241 Å². The van der Waals surface area contributed by atoms with Gasteiger partial charge in [0.2, 0.25) is 0 Å². The highest BCUT2D eigenvalue weighted by Crippen LogP contribution is 2.45. The fraction of sp³-hybridized carbons (Fsp3) is 0. The average Bonchev–Trinajstić information content (AvgIpc) is 3.74. The van der Waals surface area contributed by atoms with E-state index in [9.17, 15) is 0 Å². The van der Waals surface area contributed by atoms with Crippen molar-refractivity contribution < 1.29 is 4.42 Å². The van der Waals surface area contributed by atoms with E-state index in [0.717, 1.165) is 50.1 Å². The minimum absolute atomic E-state index is 0.904. The number of anilines is 3. The maximum Gasteiger partial charge on any atom is 0.143 e. The van der Waals surface area contributed by atoms with Crippen LogP contribution in [-0.2, 0) is 0 Å². The maximum absolute atomic E-state index is 6.47. The Hall–Kier alpha value is -8.20. The van der Waals surface area contributed by atoms with Gasteiger partial charge in [-0.25, -0.2) is 0 Å². The van der Waals surface area contributed by atoms with Crippen molar-refractivity contribution in [3.05, 3.63) is 237 Å². The normalized spacial score (nSPS) is 11.5. The van der Waals surface area contributed by atoms with Crippen molar-refractivity contribution in [2.45, 2.75) is 0 Å². The van der Waals surface area contributed by atoms with Crippen LogP contribution < -0.4 is 4.90 Å².